The van der Waals surface area contributed by atoms with Gasteiger partial charge < -0.3 is 4.42 Å². The van der Waals surface area contributed by atoms with Crippen LogP contribution in [0.5, 0.6) is 0 Å². The van der Waals surface area contributed by atoms with Gasteiger partial charge in [0.15, 0.2) is 0 Å². The van der Waals surface area contributed by atoms with Gasteiger partial charge >= 0.3 is 0 Å². The number of aromatic nitrogens is 2. The summed E-state index contributed by atoms with van der Waals surface area (Å²) in [5.41, 5.74) is 7.90. The van der Waals surface area contributed by atoms with Crippen LogP contribution in [-0.2, 0) is 0 Å². The van der Waals surface area contributed by atoms with Gasteiger partial charge in [0.25, 0.3) is 0 Å². The van der Waals surface area contributed by atoms with E-state index in [4.69, 9.17) is 4.42 Å². The van der Waals surface area contributed by atoms with Crippen molar-refractivity contribution >= 4 is 0 Å². The molecule has 0 spiro atoms. The Morgan fingerprint density at radius 2 is 1.15 bits per heavy atom. The van der Waals surface area contributed by atoms with E-state index in [0.717, 1.165) is 16.7 Å². The van der Waals surface area contributed by atoms with E-state index < -0.39 is 0 Å². The number of benzene rings is 3. The van der Waals surface area contributed by atoms with Crippen LogP contribution in [0, 0.1) is 20.8 Å². The van der Waals surface area contributed by atoms with Gasteiger partial charge in [-0.3, -0.25) is 0 Å². The van der Waals surface area contributed by atoms with Gasteiger partial charge in [0, 0.05) is 11.1 Å². The number of hydrogen-bond acceptors (Lipinski definition) is 3. The molecule has 0 aliphatic carbocycles. The van der Waals surface area contributed by atoms with Gasteiger partial charge in [0.1, 0.15) is 0 Å². The van der Waals surface area contributed by atoms with Crippen molar-refractivity contribution in [1.29, 1.82) is 0 Å². The summed E-state index contributed by atoms with van der Waals surface area (Å²) in [5.74, 6) is 1.10. The Bertz CT molecular complexity index is 1050. The van der Waals surface area contributed by atoms with Crippen LogP contribution in [-0.4, -0.2) is 10.2 Å². The summed E-state index contributed by atoms with van der Waals surface area (Å²) in [6.07, 6.45) is 0. The lowest BCUT2D eigenvalue weighted by molar-refractivity contribution is 0.584. The van der Waals surface area contributed by atoms with Crippen molar-refractivity contribution in [2.24, 2.45) is 0 Å². The summed E-state index contributed by atoms with van der Waals surface area (Å²) < 4.78 is 5.95. The second-order valence-electron chi connectivity index (χ2n) is 6.61. The fraction of sp³-hybridized carbons (Fsp3) is 0.130. The van der Waals surface area contributed by atoms with Crippen LogP contribution >= 0.6 is 0 Å². The Kier molecular flexibility index (Phi) is 4.13. The van der Waals surface area contributed by atoms with E-state index in [2.05, 4.69) is 67.4 Å². The van der Waals surface area contributed by atoms with Crippen molar-refractivity contribution in [3.8, 4) is 34.0 Å². The average molecular weight is 340 g/mol. The number of aryl methyl sites for hydroxylation is 3. The summed E-state index contributed by atoms with van der Waals surface area (Å²) in [7, 11) is 0. The molecule has 0 unspecified atom stereocenters. The first kappa shape index (κ1) is 16.3. The van der Waals surface area contributed by atoms with Crippen molar-refractivity contribution in [3.05, 3.63) is 83.4 Å². The third-order valence-corrected chi connectivity index (χ3v) is 4.74. The predicted octanol–water partition coefficient (Wildman–Crippen LogP) is 6.00. The molecule has 3 heteroatoms. The molecule has 0 saturated carbocycles. The maximum absolute atomic E-state index is 5.95. The summed E-state index contributed by atoms with van der Waals surface area (Å²) in [4.78, 5) is 0. The molecule has 0 fully saturated rings. The fourth-order valence-corrected chi connectivity index (χ4v) is 3.08. The molecule has 0 amide bonds. The van der Waals surface area contributed by atoms with Crippen LogP contribution in [0.15, 0.2) is 71.1 Å². The number of rotatable bonds is 3. The Labute approximate surface area is 153 Å². The highest BCUT2D eigenvalue weighted by atomic mass is 16.4. The molecule has 1 heterocycles. The molecule has 3 aromatic carbocycles. The first-order valence-corrected chi connectivity index (χ1v) is 8.69. The molecule has 0 saturated heterocycles. The molecule has 0 aliphatic heterocycles. The SMILES string of the molecule is Cc1cc(C)c(-c2nnc(-c3ccc(-c4ccccc4)cc3)o2)cc1C. The van der Waals surface area contributed by atoms with Crippen LogP contribution < -0.4 is 0 Å². The molecule has 0 radical (unpaired) electrons. The zero-order valence-electron chi connectivity index (χ0n) is 15.2. The number of nitrogens with zero attached hydrogens (tertiary/aromatic N) is 2. The third kappa shape index (κ3) is 3.04. The van der Waals surface area contributed by atoms with Gasteiger partial charge in [-0.05, 0) is 66.8 Å². The highest BCUT2D eigenvalue weighted by Gasteiger charge is 2.13. The Morgan fingerprint density at radius 1 is 0.577 bits per heavy atom. The van der Waals surface area contributed by atoms with Crippen LogP contribution in [0.25, 0.3) is 34.0 Å². The number of hydrogen-bond donors (Lipinski definition) is 0. The van der Waals surface area contributed by atoms with E-state index in [1.165, 1.54) is 22.3 Å². The summed E-state index contributed by atoms with van der Waals surface area (Å²) in [5, 5.41) is 8.50. The van der Waals surface area contributed by atoms with Crippen molar-refractivity contribution < 1.29 is 4.42 Å². The Hall–Kier alpha value is -3.20. The zero-order valence-corrected chi connectivity index (χ0v) is 15.2. The van der Waals surface area contributed by atoms with Gasteiger partial charge in [-0.1, -0.05) is 48.5 Å². The van der Waals surface area contributed by atoms with E-state index >= 15 is 0 Å². The first-order valence-electron chi connectivity index (χ1n) is 8.69. The molecule has 0 aliphatic rings. The van der Waals surface area contributed by atoms with Gasteiger partial charge in [-0.2, -0.15) is 0 Å². The second-order valence-corrected chi connectivity index (χ2v) is 6.61. The van der Waals surface area contributed by atoms with E-state index in [9.17, 15) is 0 Å². The molecule has 0 bridgehead atoms. The summed E-state index contributed by atoms with van der Waals surface area (Å²) in [6, 6.07) is 22.8. The standard InChI is InChI=1S/C23H20N2O/c1-15-13-17(3)21(14-16(15)2)23-25-24-22(26-23)20-11-9-19(10-12-20)18-7-5-4-6-8-18/h4-14H,1-3H3. The Balaban J connectivity index is 1.65. The minimum atomic E-state index is 0.539. The average Bonchev–Trinajstić information content (AvgIpc) is 3.15. The molecule has 26 heavy (non-hydrogen) atoms. The van der Waals surface area contributed by atoms with Crippen molar-refractivity contribution in [2.75, 3.05) is 0 Å². The topological polar surface area (TPSA) is 38.9 Å². The van der Waals surface area contributed by atoms with Gasteiger partial charge in [-0.25, -0.2) is 0 Å². The summed E-state index contributed by atoms with van der Waals surface area (Å²) in [6.45, 7) is 6.28. The maximum Gasteiger partial charge on any atom is 0.248 e. The van der Waals surface area contributed by atoms with E-state index in [1.54, 1.807) is 0 Å². The van der Waals surface area contributed by atoms with Gasteiger partial charge in [0.2, 0.25) is 11.8 Å². The first-order chi connectivity index (χ1) is 12.6. The Morgan fingerprint density at radius 3 is 1.88 bits per heavy atom. The van der Waals surface area contributed by atoms with Crippen LogP contribution in [0.3, 0.4) is 0 Å². The molecule has 128 valence electrons. The van der Waals surface area contributed by atoms with Crippen molar-refractivity contribution in [2.45, 2.75) is 20.8 Å². The predicted molar refractivity (Wildman–Crippen MR) is 105 cm³/mol. The van der Waals surface area contributed by atoms with E-state index in [1.807, 2.05) is 30.3 Å². The molecule has 1 aromatic heterocycles. The monoisotopic (exact) mass is 340 g/mol. The molecule has 4 rings (SSSR count). The van der Waals surface area contributed by atoms with Crippen LogP contribution in [0.2, 0.25) is 0 Å². The van der Waals surface area contributed by atoms with E-state index in [-0.39, 0.29) is 0 Å². The molecule has 3 nitrogen and oxygen atoms in total. The highest BCUT2D eigenvalue weighted by molar-refractivity contribution is 5.68. The minimum absolute atomic E-state index is 0.539. The van der Waals surface area contributed by atoms with E-state index in [0.29, 0.717) is 11.8 Å². The normalized spacial score (nSPS) is 10.9. The summed E-state index contributed by atoms with van der Waals surface area (Å²) >= 11 is 0. The van der Waals surface area contributed by atoms with Crippen LogP contribution in [0.1, 0.15) is 16.7 Å². The molecule has 0 N–H and O–H groups in total. The smallest absolute Gasteiger partial charge is 0.248 e. The van der Waals surface area contributed by atoms with Crippen LogP contribution in [0.4, 0.5) is 0 Å². The zero-order chi connectivity index (χ0) is 18.1. The molecule has 4 aromatic rings. The second kappa shape index (κ2) is 6.60. The third-order valence-electron chi connectivity index (χ3n) is 4.74. The molecule has 0 atom stereocenters. The van der Waals surface area contributed by atoms with Crippen molar-refractivity contribution in [1.82, 2.24) is 10.2 Å². The minimum Gasteiger partial charge on any atom is -0.416 e. The quantitative estimate of drug-likeness (QED) is 0.459. The molecular weight excluding hydrogens is 320 g/mol. The largest absolute Gasteiger partial charge is 0.416 e. The fourth-order valence-electron chi connectivity index (χ4n) is 3.08. The molecular formula is C23H20N2O. The van der Waals surface area contributed by atoms with Crippen molar-refractivity contribution in [3.63, 3.8) is 0 Å². The van der Waals surface area contributed by atoms with Gasteiger partial charge in [0.05, 0.1) is 0 Å². The highest BCUT2D eigenvalue weighted by Crippen LogP contribution is 2.29. The van der Waals surface area contributed by atoms with Gasteiger partial charge in [-0.15, -0.1) is 10.2 Å². The lowest BCUT2D eigenvalue weighted by atomic mass is 10.0. The maximum atomic E-state index is 5.95. The lowest BCUT2D eigenvalue weighted by Crippen LogP contribution is -1.88. The lowest BCUT2D eigenvalue weighted by Gasteiger charge is -2.06.